The molecule has 1 atom stereocenters. The predicted octanol–water partition coefficient (Wildman–Crippen LogP) is 5.24. The largest absolute Gasteiger partial charge is 0.550 e. The molecule has 0 spiro atoms. The highest BCUT2D eigenvalue weighted by molar-refractivity contribution is 5.66. The van der Waals surface area contributed by atoms with Crippen molar-refractivity contribution in [3.8, 4) is 0 Å². The van der Waals surface area contributed by atoms with Crippen LogP contribution in [0.25, 0.3) is 0 Å². The van der Waals surface area contributed by atoms with Crippen molar-refractivity contribution in [3.05, 3.63) is 0 Å². The maximum atomic E-state index is 10.6. The van der Waals surface area contributed by atoms with Gasteiger partial charge in [0.1, 0.15) is 0 Å². The summed E-state index contributed by atoms with van der Waals surface area (Å²) in [5, 5.41) is 10.6. The van der Waals surface area contributed by atoms with Crippen molar-refractivity contribution in [2.45, 2.75) is 110 Å². The summed E-state index contributed by atoms with van der Waals surface area (Å²) in [7, 11) is 0. The number of hydrogen-bond acceptors (Lipinski definition) is 2. The minimum absolute atomic E-state index is 0.276. The Morgan fingerprint density at radius 2 is 1.05 bits per heavy atom. The van der Waals surface area contributed by atoms with E-state index >= 15 is 0 Å². The number of rotatable bonds is 16. The lowest BCUT2D eigenvalue weighted by Crippen LogP contribution is -2.29. The quantitative estimate of drug-likeness (QED) is 0.365. The molecule has 0 aromatic rings. The highest BCUT2D eigenvalue weighted by atomic mass is 16.4. The average molecular weight is 298 g/mol. The van der Waals surface area contributed by atoms with E-state index in [-0.39, 0.29) is 5.92 Å². The first-order valence-corrected chi connectivity index (χ1v) is 9.39. The van der Waals surface area contributed by atoms with Crippen molar-refractivity contribution < 1.29 is 9.90 Å². The van der Waals surface area contributed by atoms with Crippen LogP contribution in [0.5, 0.6) is 0 Å². The summed E-state index contributed by atoms with van der Waals surface area (Å²) < 4.78 is 0. The normalized spacial score (nSPS) is 12.5. The minimum Gasteiger partial charge on any atom is -0.550 e. The zero-order chi connectivity index (χ0) is 15.8. The van der Waals surface area contributed by atoms with Crippen LogP contribution < -0.4 is 5.11 Å². The molecule has 2 nitrogen and oxygen atoms in total. The van der Waals surface area contributed by atoms with Crippen LogP contribution in [0.2, 0.25) is 0 Å². The fourth-order valence-corrected chi connectivity index (χ4v) is 2.76. The zero-order valence-corrected chi connectivity index (χ0v) is 14.5. The standard InChI is InChI=1S/C19H38O2/c1-3-4-5-6-7-8-9-10-11-12-13-14-15-16-17-18(2)19(20)21/h18H,3-17H2,1-2H3,(H,20,21)/p-1. The maximum Gasteiger partial charge on any atom is 0.0442 e. The van der Waals surface area contributed by atoms with E-state index in [4.69, 9.17) is 0 Å². The fourth-order valence-electron chi connectivity index (χ4n) is 2.76. The highest BCUT2D eigenvalue weighted by Crippen LogP contribution is 2.14. The Bertz CT molecular complexity index is 226. The molecule has 0 rings (SSSR count). The Morgan fingerprint density at radius 1 is 0.714 bits per heavy atom. The lowest BCUT2D eigenvalue weighted by molar-refractivity contribution is -0.311. The van der Waals surface area contributed by atoms with Crippen LogP contribution in [0.15, 0.2) is 0 Å². The Morgan fingerprint density at radius 3 is 1.38 bits per heavy atom. The van der Waals surface area contributed by atoms with E-state index in [1.54, 1.807) is 6.92 Å². The van der Waals surface area contributed by atoms with Gasteiger partial charge in [0.05, 0.1) is 0 Å². The molecule has 0 aliphatic rings. The molecule has 0 N–H and O–H groups in total. The Kier molecular flexibility index (Phi) is 15.5. The first-order valence-electron chi connectivity index (χ1n) is 9.39. The van der Waals surface area contributed by atoms with Gasteiger partial charge >= 0.3 is 0 Å². The number of carboxylic acid groups (broad SMARTS) is 1. The molecule has 0 aromatic carbocycles. The van der Waals surface area contributed by atoms with Crippen LogP contribution >= 0.6 is 0 Å². The molecule has 2 heteroatoms. The summed E-state index contributed by atoms with van der Waals surface area (Å²) in [4.78, 5) is 10.6. The Labute approximate surface area is 132 Å². The topological polar surface area (TPSA) is 40.1 Å². The van der Waals surface area contributed by atoms with Crippen LogP contribution in [0.4, 0.5) is 0 Å². The van der Waals surface area contributed by atoms with Gasteiger partial charge in [0.15, 0.2) is 0 Å². The fraction of sp³-hybridized carbons (Fsp3) is 0.947. The van der Waals surface area contributed by atoms with E-state index < -0.39 is 5.97 Å². The third kappa shape index (κ3) is 15.7. The van der Waals surface area contributed by atoms with Crippen molar-refractivity contribution in [3.63, 3.8) is 0 Å². The summed E-state index contributed by atoms with van der Waals surface area (Å²) >= 11 is 0. The number of carbonyl (C=O) groups is 1. The first-order chi connectivity index (χ1) is 10.2. The van der Waals surface area contributed by atoms with Gasteiger partial charge in [-0.05, 0) is 12.3 Å². The molecule has 1 unspecified atom stereocenters. The van der Waals surface area contributed by atoms with E-state index in [2.05, 4.69) is 6.92 Å². The van der Waals surface area contributed by atoms with E-state index in [0.717, 1.165) is 12.8 Å². The van der Waals surface area contributed by atoms with Gasteiger partial charge in [-0.1, -0.05) is 104 Å². The summed E-state index contributed by atoms with van der Waals surface area (Å²) in [6.07, 6.45) is 19.6. The van der Waals surface area contributed by atoms with Gasteiger partial charge < -0.3 is 9.90 Å². The summed E-state index contributed by atoms with van der Waals surface area (Å²) in [6, 6.07) is 0. The molecule has 0 amide bonds. The molecule has 0 radical (unpaired) electrons. The number of hydrogen-bond donors (Lipinski definition) is 0. The minimum atomic E-state index is -0.898. The molecule has 0 heterocycles. The van der Waals surface area contributed by atoms with Crippen molar-refractivity contribution in [1.29, 1.82) is 0 Å². The van der Waals surface area contributed by atoms with E-state index in [1.165, 1.54) is 83.5 Å². The van der Waals surface area contributed by atoms with Gasteiger partial charge in [-0.15, -0.1) is 0 Å². The second kappa shape index (κ2) is 15.9. The molecular formula is C19H37O2-. The van der Waals surface area contributed by atoms with Crippen molar-refractivity contribution >= 4 is 5.97 Å². The van der Waals surface area contributed by atoms with Gasteiger partial charge in [-0.25, -0.2) is 0 Å². The summed E-state index contributed by atoms with van der Waals surface area (Å²) in [5.74, 6) is -1.17. The number of aliphatic carboxylic acids is 1. The van der Waals surface area contributed by atoms with Crippen molar-refractivity contribution in [1.82, 2.24) is 0 Å². The monoisotopic (exact) mass is 297 g/mol. The summed E-state index contributed by atoms with van der Waals surface area (Å²) in [5.41, 5.74) is 0. The van der Waals surface area contributed by atoms with Crippen LogP contribution in [0.1, 0.15) is 110 Å². The van der Waals surface area contributed by atoms with Gasteiger partial charge in [-0.3, -0.25) is 0 Å². The molecule has 0 saturated heterocycles. The van der Waals surface area contributed by atoms with Gasteiger partial charge in [-0.2, -0.15) is 0 Å². The van der Waals surface area contributed by atoms with Crippen LogP contribution in [0.3, 0.4) is 0 Å². The molecule has 0 aromatic heterocycles. The van der Waals surface area contributed by atoms with E-state index in [0.29, 0.717) is 0 Å². The SMILES string of the molecule is CCCCCCCCCCCCCCCCC(C)C(=O)[O-]. The number of unbranched alkanes of at least 4 members (excludes halogenated alkanes) is 13. The molecule has 0 saturated carbocycles. The van der Waals surface area contributed by atoms with Gasteiger partial charge in [0, 0.05) is 5.97 Å². The third-order valence-corrected chi connectivity index (χ3v) is 4.39. The molecule has 0 aliphatic heterocycles. The molecule has 21 heavy (non-hydrogen) atoms. The maximum absolute atomic E-state index is 10.6. The molecular weight excluding hydrogens is 260 g/mol. The highest BCUT2D eigenvalue weighted by Gasteiger charge is 2.01. The average Bonchev–Trinajstić information content (AvgIpc) is 2.47. The van der Waals surface area contributed by atoms with Crippen LogP contribution in [0, 0.1) is 5.92 Å². The smallest absolute Gasteiger partial charge is 0.0442 e. The van der Waals surface area contributed by atoms with Crippen molar-refractivity contribution in [2.75, 3.05) is 0 Å². The predicted molar refractivity (Wildman–Crippen MR) is 89.1 cm³/mol. The zero-order valence-electron chi connectivity index (χ0n) is 14.5. The lowest BCUT2D eigenvalue weighted by Gasteiger charge is -2.11. The van der Waals surface area contributed by atoms with Gasteiger partial charge in [0.2, 0.25) is 0 Å². The summed E-state index contributed by atoms with van der Waals surface area (Å²) in [6.45, 7) is 4.02. The van der Waals surface area contributed by atoms with E-state index in [9.17, 15) is 9.90 Å². The van der Waals surface area contributed by atoms with Crippen LogP contribution in [-0.2, 0) is 4.79 Å². The lowest BCUT2D eigenvalue weighted by atomic mass is 10.0. The Balaban J connectivity index is 3.04. The third-order valence-electron chi connectivity index (χ3n) is 4.39. The first kappa shape index (κ1) is 20.5. The molecule has 0 bridgehead atoms. The Hall–Kier alpha value is -0.530. The number of carboxylic acids is 1. The molecule has 0 aliphatic carbocycles. The molecule has 126 valence electrons. The second-order valence-corrected chi connectivity index (χ2v) is 6.60. The van der Waals surface area contributed by atoms with E-state index in [1.807, 2.05) is 0 Å². The second-order valence-electron chi connectivity index (χ2n) is 6.60. The van der Waals surface area contributed by atoms with Gasteiger partial charge in [0.25, 0.3) is 0 Å². The van der Waals surface area contributed by atoms with Crippen molar-refractivity contribution in [2.24, 2.45) is 5.92 Å². The molecule has 0 fully saturated rings. The number of carbonyl (C=O) groups excluding carboxylic acids is 1. The van der Waals surface area contributed by atoms with Crippen LogP contribution in [-0.4, -0.2) is 5.97 Å².